The molecule has 2 atom stereocenters. The van der Waals surface area contributed by atoms with E-state index in [0.717, 1.165) is 39.0 Å². The number of carbonyl (C=O) groups excluding carboxylic acids is 1. The van der Waals surface area contributed by atoms with E-state index in [1.807, 2.05) is 11.0 Å². The summed E-state index contributed by atoms with van der Waals surface area (Å²) in [5.41, 5.74) is 1.34. The van der Waals surface area contributed by atoms with Crippen molar-refractivity contribution in [2.24, 2.45) is 0 Å². The van der Waals surface area contributed by atoms with Gasteiger partial charge in [-0.25, -0.2) is 0 Å². The van der Waals surface area contributed by atoms with E-state index in [9.17, 15) is 4.79 Å². The molecule has 3 rings (SSSR count). The highest BCUT2D eigenvalue weighted by Gasteiger charge is 2.37. The highest BCUT2D eigenvalue weighted by atomic mass is 35.5. The molecule has 0 radical (unpaired) electrons. The molecule has 0 aliphatic carbocycles. The Morgan fingerprint density at radius 3 is 2.63 bits per heavy atom. The Balaban J connectivity index is 1.57. The van der Waals surface area contributed by atoms with Crippen LogP contribution < -0.4 is 0 Å². The van der Waals surface area contributed by atoms with Crippen LogP contribution in [-0.4, -0.2) is 46.8 Å². The van der Waals surface area contributed by atoms with Gasteiger partial charge in [-0.3, -0.25) is 9.69 Å². The predicted molar refractivity (Wildman–Crippen MR) is 76.1 cm³/mol. The van der Waals surface area contributed by atoms with Gasteiger partial charge in [-0.1, -0.05) is 30.3 Å². The summed E-state index contributed by atoms with van der Waals surface area (Å²) in [4.78, 5) is 16.3. The predicted octanol–water partition coefficient (Wildman–Crippen LogP) is 2.10. The molecule has 102 valence electrons. The third-order valence-corrected chi connectivity index (χ3v) is 4.52. The normalized spacial score (nSPS) is 28.3. The minimum atomic E-state index is -0.289. The maximum absolute atomic E-state index is 11.9. The second kappa shape index (κ2) is 5.51. The Hall–Kier alpha value is -1.06. The maximum Gasteiger partial charge on any atom is 0.240 e. The largest absolute Gasteiger partial charge is 0.337 e. The molecule has 0 spiro atoms. The summed E-state index contributed by atoms with van der Waals surface area (Å²) < 4.78 is 0. The summed E-state index contributed by atoms with van der Waals surface area (Å²) in [5, 5.41) is -0.289. The lowest BCUT2D eigenvalue weighted by atomic mass is 10.2. The number of hydrogen-bond donors (Lipinski definition) is 0. The molecule has 0 aromatic heterocycles. The standard InChI is InChI=1S/C15H19ClN2O/c16-14-7-9-18(15(14)19)13-6-8-17(11-13)10-12-4-2-1-3-5-12/h1-5,13-14H,6-11H2/t13-,14?/m1/s1. The topological polar surface area (TPSA) is 23.6 Å². The van der Waals surface area contributed by atoms with Crippen LogP contribution >= 0.6 is 11.6 Å². The van der Waals surface area contributed by atoms with Gasteiger partial charge in [0.15, 0.2) is 0 Å². The van der Waals surface area contributed by atoms with Crippen molar-refractivity contribution >= 4 is 17.5 Å². The van der Waals surface area contributed by atoms with Crippen LogP contribution in [-0.2, 0) is 11.3 Å². The van der Waals surface area contributed by atoms with Crippen LogP contribution in [0.5, 0.6) is 0 Å². The smallest absolute Gasteiger partial charge is 0.240 e. The fourth-order valence-corrected chi connectivity index (χ4v) is 3.30. The summed E-state index contributed by atoms with van der Waals surface area (Å²) >= 11 is 6.00. The summed E-state index contributed by atoms with van der Waals surface area (Å²) in [6.07, 6.45) is 1.87. The van der Waals surface area contributed by atoms with Crippen LogP contribution in [0.3, 0.4) is 0 Å². The van der Waals surface area contributed by atoms with Crippen LogP contribution in [0.25, 0.3) is 0 Å². The molecule has 2 fully saturated rings. The first-order valence-electron chi connectivity index (χ1n) is 6.95. The highest BCUT2D eigenvalue weighted by Crippen LogP contribution is 2.25. The fraction of sp³-hybridized carbons (Fsp3) is 0.533. The van der Waals surface area contributed by atoms with Gasteiger partial charge in [-0.15, -0.1) is 11.6 Å². The zero-order valence-electron chi connectivity index (χ0n) is 11.0. The molecule has 2 saturated heterocycles. The molecule has 1 amide bonds. The van der Waals surface area contributed by atoms with Gasteiger partial charge in [0.05, 0.1) is 0 Å². The van der Waals surface area contributed by atoms with Crippen LogP contribution in [0.2, 0.25) is 0 Å². The van der Waals surface area contributed by atoms with E-state index in [1.54, 1.807) is 0 Å². The van der Waals surface area contributed by atoms with Gasteiger partial charge >= 0.3 is 0 Å². The number of hydrogen-bond acceptors (Lipinski definition) is 2. The van der Waals surface area contributed by atoms with Crippen molar-refractivity contribution in [3.05, 3.63) is 35.9 Å². The maximum atomic E-state index is 11.9. The lowest BCUT2D eigenvalue weighted by Gasteiger charge is -2.24. The lowest BCUT2D eigenvalue weighted by molar-refractivity contribution is -0.129. The number of halogens is 1. The van der Waals surface area contributed by atoms with E-state index >= 15 is 0 Å². The Morgan fingerprint density at radius 2 is 1.95 bits per heavy atom. The van der Waals surface area contributed by atoms with Gasteiger partial charge in [0.2, 0.25) is 5.91 Å². The molecule has 0 bridgehead atoms. The van der Waals surface area contributed by atoms with E-state index < -0.39 is 0 Å². The Morgan fingerprint density at radius 1 is 1.16 bits per heavy atom. The van der Waals surface area contributed by atoms with Gasteiger partial charge in [0.25, 0.3) is 0 Å². The van der Waals surface area contributed by atoms with Crippen molar-refractivity contribution in [2.75, 3.05) is 19.6 Å². The number of amides is 1. The van der Waals surface area contributed by atoms with Crippen molar-refractivity contribution in [1.82, 2.24) is 9.80 Å². The van der Waals surface area contributed by atoms with E-state index in [0.29, 0.717) is 6.04 Å². The molecule has 4 heteroatoms. The molecule has 0 N–H and O–H groups in total. The third kappa shape index (κ3) is 2.77. The van der Waals surface area contributed by atoms with Crippen LogP contribution in [0.4, 0.5) is 0 Å². The molecule has 0 saturated carbocycles. The zero-order chi connectivity index (χ0) is 13.2. The van der Waals surface area contributed by atoms with E-state index in [1.165, 1.54) is 5.56 Å². The lowest BCUT2D eigenvalue weighted by Crippen LogP contribution is -2.39. The van der Waals surface area contributed by atoms with Crippen molar-refractivity contribution in [3.63, 3.8) is 0 Å². The average molecular weight is 279 g/mol. The molecular formula is C15H19ClN2O. The van der Waals surface area contributed by atoms with Crippen molar-refractivity contribution in [1.29, 1.82) is 0 Å². The molecule has 1 aromatic rings. The number of nitrogens with zero attached hydrogens (tertiary/aromatic N) is 2. The van der Waals surface area contributed by atoms with E-state index in [2.05, 4.69) is 29.2 Å². The zero-order valence-corrected chi connectivity index (χ0v) is 11.7. The molecule has 2 aliphatic rings. The Kier molecular flexibility index (Phi) is 3.76. The van der Waals surface area contributed by atoms with Gasteiger partial charge in [0.1, 0.15) is 5.38 Å². The fourth-order valence-electron chi connectivity index (χ4n) is 3.08. The Labute approximate surface area is 119 Å². The van der Waals surface area contributed by atoms with Gasteiger partial charge in [-0.2, -0.15) is 0 Å². The quantitative estimate of drug-likeness (QED) is 0.791. The van der Waals surface area contributed by atoms with E-state index in [4.69, 9.17) is 11.6 Å². The first-order chi connectivity index (χ1) is 9.24. The molecule has 2 heterocycles. The molecule has 19 heavy (non-hydrogen) atoms. The molecule has 2 aliphatic heterocycles. The van der Waals surface area contributed by atoms with Crippen molar-refractivity contribution in [2.45, 2.75) is 30.8 Å². The SMILES string of the molecule is O=C1C(Cl)CCN1[C@@H]1CCN(Cc2ccccc2)C1. The van der Waals surface area contributed by atoms with E-state index in [-0.39, 0.29) is 11.3 Å². The molecule has 1 aromatic carbocycles. The minimum Gasteiger partial charge on any atom is -0.337 e. The van der Waals surface area contributed by atoms with Crippen LogP contribution in [0, 0.1) is 0 Å². The van der Waals surface area contributed by atoms with Crippen LogP contribution in [0.15, 0.2) is 30.3 Å². The Bertz CT molecular complexity index is 451. The highest BCUT2D eigenvalue weighted by molar-refractivity contribution is 6.31. The van der Waals surface area contributed by atoms with Crippen LogP contribution in [0.1, 0.15) is 18.4 Å². The van der Waals surface area contributed by atoms with Crippen molar-refractivity contribution < 1.29 is 4.79 Å². The van der Waals surface area contributed by atoms with Gasteiger partial charge in [-0.05, 0) is 18.4 Å². The summed E-state index contributed by atoms with van der Waals surface area (Å²) in [6.45, 7) is 3.85. The second-order valence-corrected chi connectivity index (χ2v) is 5.98. The number of alkyl halides is 1. The molecule has 3 nitrogen and oxygen atoms in total. The number of benzene rings is 1. The first-order valence-corrected chi connectivity index (χ1v) is 7.38. The number of carbonyl (C=O) groups is 1. The minimum absolute atomic E-state index is 0.133. The number of rotatable bonds is 3. The second-order valence-electron chi connectivity index (χ2n) is 5.45. The summed E-state index contributed by atoms with van der Waals surface area (Å²) in [7, 11) is 0. The van der Waals surface area contributed by atoms with Crippen molar-refractivity contribution in [3.8, 4) is 0 Å². The first kappa shape index (κ1) is 12.9. The average Bonchev–Trinajstić information content (AvgIpc) is 3.00. The van der Waals surface area contributed by atoms with Gasteiger partial charge in [0, 0.05) is 32.2 Å². The molecule has 1 unspecified atom stereocenters. The number of likely N-dealkylation sites (tertiary alicyclic amines) is 2. The summed E-state index contributed by atoms with van der Waals surface area (Å²) in [5.74, 6) is 0.133. The molecular weight excluding hydrogens is 260 g/mol. The van der Waals surface area contributed by atoms with Gasteiger partial charge < -0.3 is 4.90 Å². The third-order valence-electron chi connectivity index (χ3n) is 4.11. The monoisotopic (exact) mass is 278 g/mol. The summed E-state index contributed by atoms with van der Waals surface area (Å²) in [6, 6.07) is 10.9.